The van der Waals surface area contributed by atoms with Crippen LogP contribution < -0.4 is 9.47 Å². The van der Waals surface area contributed by atoms with Gasteiger partial charge in [-0.15, -0.1) is 0 Å². The Morgan fingerprint density at radius 2 is 1.89 bits per heavy atom. The molecule has 0 bridgehead atoms. The number of aryl methyl sites for hydroxylation is 1. The van der Waals surface area contributed by atoms with Crippen molar-refractivity contribution in [3.8, 4) is 11.5 Å². The maximum Gasteiger partial charge on any atom is 0.161 e. The lowest BCUT2D eigenvalue weighted by Crippen LogP contribution is -2.10. The van der Waals surface area contributed by atoms with Crippen molar-refractivity contribution >= 4 is 0 Å². The van der Waals surface area contributed by atoms with Gasteiger partial charge in [-0.1, -0.05) is 12.1 Å². The van der Waals surface area contributed by atoms with Crippen molar-refractivity contribution in [2.45, 2.75) is 33.4 Å². The fourth-order valence-corrected chi connectivity index (χ4v) is 2.19. The van der Waals surface area contributed by atoms with Crippen LogP contribution >= 0.6 is 0 Å². The Bertz CT molecular complexity index is 547. The molecule has 2 aromatic rings. The number of rotatable bonds is 5. The number of aromatic nitrogens is 2. The van der Waals surface area contributed by atoms with Gasteiger partial charge in [-0.05, 0) is 32.9 Å². The average molecular weight is 260 g/mol. The molecule has 0 aliphatic carbocycles. The molecule has 4 heteroatoms. The molecule has 0 fully saturated rings. The molecule has 0 unspecified atom stereocenters. The summed E-state index contributed by atoms with van der Waals surface area (Å²) in [6.07, 6.45) is 1.88. The van der Waals surface area contributed by atoms with Crippen molar-refractivity contribution in [2.75, 3.05) is 7.11 Å². The lowest BCUT2D eigenvalue weighted by molar-refractivity contribution is 0.268. The van der Waals surface area contributed by atoms with Crippen LogP contribution in [0.15, 0.2) is 30.5 Å². The predicted molar refractivity (Wildman–Crippen MR) is 74.7 cm³/mol. The minimum Gasteiger partial charge on any atom is -0.493 e. The number of para-hydroxylation sites is 2. The van der Waals surface area contributed by atoms with Crippen molar-refractivity contribution in [3.05, 3.63) is 42.0 Å². The van der Waals surface area contributed by atoms with Gasteiger partial charge >= 0.3 is 0 Å². The van der Waals surface area contributed by atoms with Crippen LogP contribution in [0.25, 0.3) is 0 Å². The van der Waals surface area contributed by atoms with Crippen LogP contribution in [-0.2, 0) is 6.61 Å². The van der Waals surface area contributed by atoms with E-state index in [1.54, 1.807) is 7.11 Å². The third-order valence-corrected chi connectivity index (χ3v) is 3.00. The van der Waals surface area contributed by atoms with E-state index in [-0.39, 0.29) is 0 Å². The van der Waals surface area contributed by atoms with E-state index >= 15 is 0 Å². The van der Waals surface area contributed by atoms with Crippen LogP contribution in [0.4, 0.5) is 0 Å². The minimum atomic E-state index is 0.374. The van der Waals surface area contributed by atoms with Gasteiger partial charge < -0.3 is 14.0 Å². The molecule has 0 spiro atoms. The molecule has 0 amide bonds. The van der Waals surface area contributed by atoms with Crippen LogP contribution in [0, 0.1) is 6.92 Å². The van der Waals surface area contributed by atoms with Crippen LogP contribution in [0.1, 0.15) is 31.4 Å². The molecule has 2 rings (SSSR count). The maximum absolute atomic E-state index is 5.81. The van der Waals surface area contributed by atoms with Crippen molar-refractivity contribution < 1.29 is 9.47 Å². The fraction of sp³-hybridized carbons (Fsp3) is 0.400. The van der Waals surface area contributed by atoms with Crippen LogP contribution in [0.3, 0.4) is 0 Å². The second-order valence-corrected chi connectivity index (χ2v) is 4.72. The maximum atomic E-state index is 5.81. The highest BCUT2D eigenvalue weighted by molar-refractivity contribution is 5.39. The largest absolute Gasteiger partial charge is 0.493 e. The quantitative estimate of drug-likeness (QED) is 0.827. The van der Waals surface area contributed by atoms with Gasteiger partial charge in [0.2, 0.25) is 0 Å². The van der Waals surface area contributed by atoms with E-state index in [9.17, 15) is 0 Å². The number of nitrogens with zero attached hydrogens (tertiary/aromatic N) is 2. The molecule has 0 aliphatic heterocycles. The van der Waals surface area contributed by atoms with Gasteiger partial charge in [-0.2, -0.15) is 0 Å². The van der Waals surface area contributed by atoms with Crippen LogP contribution in [0.2, 0.25) is 0 Å². The molecule has 0 aliphatic rings. The summed E-state index contributed by atoms with van der Waals surface area (Å²) in [5.74, 6) is 2.40. The second-order valence-electron chi connectivity index (χ2n) is 4.72. The number of methoxy groups -OCH3 is 1. The summed E-state index contributed by atoms with van der Waals surface area (Å²) in [5, 5.41) is 0. The monoisotopic (exact) mass is 260 g/mol. The Morgan fingerprint density at radius 3 is 2.53 bits per heavy atom. The predicted octanol–water partition coefficient (Wildman–Crippen LogP) is 3.36. The molecule has 0 saturated carbocycles. The molecule has 0 radical (unpaired) electrons. The smallest absolute Gasteiger partial charge is 0.161 e. The molecule has 102 valence electrons. The van der Waals surface area contributed by atoms with E-state index in [1.807, 2.05) is 30.5 Å². The lowest BCUT2D eigenvalue weighted by atomic mass is 10.3. The number of hydrogen-bond acceptors (Lipinski definition) is 3. The van der Waals surface area contributed by atoms with E-state index in [4.69, 9.17) is 9.47 Å². The van der Waals surface area contributed by atoms with Gasteiger partial charge in [0.15, 0.2) is 11.5 Å². The van der Waals surface area contributed by atoms with Gasteiger partial charge in [0, 0.05) is 17.9 Å². The number of benzene rings is 1. The average Bonchev–Trinajstić information content (AvgIpc) is 2.78. The Labute approximate surface area is 114 Å². The summed E-state index contributed by atoms with van der Waals surface area (Å²) in [4.78, 5) is 4.40. The van der Waals surface area contributed by atoms with E-state index < -0.39 is 0 Å². The summed E-state index contributed by atoms with van der Waals surface area (Å²) < 4.78 is 13.3. The first-order valence-corrected chi connectivity index (χ1v) is 6.42. The minimum absolute atomic E-state index is 0.374. The Kier molecular flexibility index (Phi) is 4.10. The highest BCUT2D eigenvalue weighted by atomic mass is 16.5. The molecule has 4 nitrogen and oxygen atoms in total. The summed E-state index contributed by atoms with van der Waals surface area (Å²) in [6, 6.07) is 8.01. The summed E-state index contributed by atoms with van der Waals surface area (Å²) >= 11 is 0. The Balaban J connectivity index is 2.15. The summed E-state index contributed by atoms with van der Waals surface area (Å²) in [5.41, 5.74) is 1.15. The molecular weight excluding hydrogens is 240 g/mol. The zero-order valence-electron chi connectivity index (χ0n) is 11.9. The first kappa shape index (κ1) is 13.5. The first-order valence-electron chi connectivity index (χ1n) is 6.42. The summed E-state index contributed by atoms with van der Waals surface area (Å²) in [7, 11) is 1.64. The zero-order valence-corrected chi connectivity index (χ0v) is 11.9. The van der Waals surface area contributed by atoms with E-state index in [2.05, 4.69) is 30.3 Å². The third-order valence-electron chi connectivity index (χ3n) is 3.00. The Morgan fingerprint density at radius 1 is 1.21 bits per heavy atom. The van der Waals surface area contributed by atoms with Gasteiger partial charge in [-0.25, -0.2) is 4.98 Å². The van der Waals surface area contributed by atoms with E-state index in [0.29, 0.717) is 12.6 Å². The normalized spacial score (nSPS) is 10.8. The standard InChI is InChI=1S/C15H20N2O2/c1-11(2)17-12(3)9-16-15(17)10-19-14-8-6-5-7-13(14)18-4/h5-9,11H,10H2,1-4H3. The highest BCUT2D eigenvalue weighted by Gasteiger charge is 2.11. The van der Waals surface area contributed by atoms with E-state index in [1.165, 1.54) is 0 Å². The molecular formula is C15H20N2O2. The molecule has 0 N–H and O–H groups in total. The fourth-order valence-electron chi connectivity index (χ4n) is 2.19. The van der Waals surface area contributed by atoms with Gasteiger partial charge in [0.1, 0.15) is 12.4 Å². The molecule has 1 aromatic heterocycles. The van der Waals surface area contributed by atoms with Crippen LogP contribution in [-0.4, -0.2) is 16.7 Å². The molecule has 0 atom stereocenters. The zero-order chi connectivity index (χ0) is 13.8. The molecule has 19 heavy (non-hydrogen) atoms. The second kappa shape index (κ2) is 5.78. The Hall–Kier alpha value is -1.97. The third kappa shape index (κ3) is 2.89. The van der Waals surface area contributed by atoms with Gasteiger partial charge in [0.05, 0.1) is 7.11 Å². The van der Waals surface area contributed by atoms with Gasteiger partial charge in [0.25, 0.3) is 0 Å². The molecule has 0 saturated heterocycles. The number of hydrogen-bond donors (Lipinski definition) is 0. The molecule has 1 aromatic carbocycles. The van der Waals surface area contributed by atoms with Crippen LogP contribution in [0.5, 0.6) is 11.5 Å². The van der Waals surface area contributed by atoms with E-state index in [0.717, 1.165) is 23.0 Å². The first-order chi connectivity index (χ1) is 9.13. The topological polar surface area (TPSA) is 36.3 Å². The SMILES string of the molecule is COc1ccccc1OCc1ncc(C)n1C(C)C. The number of ether oxygens (including phenoxy) is 2. The van der Waals surface area contributed by atoms with Crippen molar-refractivity contribution in [1.29, 1.82) is 0 Å². The molecule has 1 heterocycles. The van der Waals surface area contributed by atoms with Crippen molar-refractivity contribution in [1.82, 2.24) is 9.55 Å². The van der Waals surface area contributed by atoms with Crippen molar-refractivity contribution in [2.24, 2.45) is 0 Å². The lowest BCUT2D eigenvalue weighted by Gasteiger charge is -2.15. The summed E-state index contributed by atoms with van der Waals surface area (Å²) in [6.45, 7) is 6.77. The van der Waals surface area contributed by atoms with Gasteiger partial charge in [-0.3, -0.25) is 0 Å². The highest BCUT2D eigenvalue weighted by Crippen LogP contribution is 2.26. The van der Waals surface area contributed by atoms with Crippen molar-refractivity contribution in [3.63, 3.8) is 0 Å². The number of imidazole rings is 1.